The summed E-state index contributed by atoms with van der Waals surface area (Å²) in [4.78, 5) is 51.7. The summed E-state index contributed by atoms with van der Waals surface area (Å²) < 4.78 is 5.56. The number of imide groups is 1. The second-order valence-corrected chi connectivity index (χ2v) is 8.66. The SMILES string of the molecule is C=C1CCC(N2C(=O)c3cccc(NC(=O)CCCCOCCC(C)C)c3C2=O)C(=O)N1. The fourth-order valence-corrected chi connectivity index (χ4v) is 3.82. The zero-order valence-electron chi connectivity index (χ0n) is 18.7. The van der Waals surface area contributed by atoms with Crippen LogP contribution in [-0.4, -0.2) is 47.8 Å². The van der Waals surface area contributed by atoms with E-state index in [1.165, 1.54) is 0 Å². The number of hydrogen-bond acceptors (Lipinski definition) is 5. The van der Waals surface area contributed by atoms with Crippen molar-refractivity contribution in [3.05, 3.63) is 41.6 Å². The predicted molar refractivity (Wildman–Crippen MR) is 120 cm³/mol. The summed E-state index contributed by atoms with van der Waals surface area (Å²) in [5, 5.41) is 5.37. The highest BCUT2D eigenvalue weighted by molar-refractivity contribution is 6.25. The van der Waals surface area contributed by atoms with Gasteiger partial charge in [-0.2, -0.15) is 0 Å². The van der Waals surface area contributed by atoms with E-state index in [2.05, 4.69) is 31.1 Å². The van der Waals surface area contributed by atoms with Gasteiger partial charge in [-0.15, -0.1) is 0 Å². The maximum atomic E-state index is 13.1. The van der Waals surface area contributed by atoms with Crippen molar-refractivity contribution in [1.29, 1.82) is 0 Å². The molecular weight excluding hydrogens is 410 g/mol. The van der Waals surface area contributed by atoms with Gasteiger partial charge in [0.05, 0.1) is 16.8 Å². The fourth-order valence-electron chi connectivity index (χ4n) is 3.82. The Morgan fingerprint density at radius 1 is 1.22 bits per heavy atom. The van der Waals surface area contributed by atoms with Crippen molar-refractivity contribution < 1.29 is 23.9 Å². The van der Waals surface area contributed by atoms with Crippen LogP contribution < -0.4 is 10.6 Å². The number of ether oxygens (including phenoxy) is 1. The summed E-state index contributed by atoms with van der Waals surface area (Å²) >= 11 is 0. The standard InChI is InChI=1S/C24H31N3O5/c1-15(2)12-14-32-13-5-4-9-20(28)26-18-8-6-7-17-21(18)24(31)27(23(17)30)19-11-10-16(3)25-22(19)29/h6-8,15,19H,3-5,9-14H2,1-2H3,(H,25,29)(H,26,28). The average molecular weight is 442 g/mol. The van der Waals surface area contributed by atoms with E-state index in [1.807, 2.05) is 0 Å². The molecule has 2 N–H and O–H groups in total. The summed E-state index contributed by atoms with van der Waals surface area (Å²) in [5.41, 5.74) is 1.20. The van der Waals surface area contributed by atoms with Crippen LogP contribution in [0, 0.1) is 5.92 Å². The molecule has 0 saturated carbocycles. The van der Waals surface area contributed by atoms with E-state index in [1.54, 1.807) is 18.2 Å². The molecule has 1 aromatic rings. The van der Waals surface area contributed by atoms with Gasteiger partial charge in [0.2, 0.25) is 11.8 Å². The minimum absolute atomic E-state index is 0.139. The van der Waals surface area contributed by atoms with Crippen molar-refractivity contribution in [1.82, 2.24) is 10.2 Å². The Morgan fingerprint density at radius 2 is 2.00 bits per heavy atom. The van der Waals surface area contributed by atoms with Gasteiger partial charge in [0.15, 0.2) is 0 Å². The van der Waals surface area contributed by atoms with Crippen molar-refractivity contribution in [3.8, 4) is 0 Å². The molecule has 1 atom stereocenters. The van der Waals surface area contributed by atoms with Crippen LogP contribution >= 0.6 is 0 Å². The molecule has 3 rings (SSSR count). The van der Waals surface area contributed by atoms with Gasteiger partial charge in [-0.1, -0.05) is 26.5 Å². The molecule has 0 aromatic heterocycles. The number of anilines is 1. The van der Waals surface area contributed by atoms with Gasteiger partial charge in [0.1, 0.15) is 6.04 Å². The van der Waals surface area contributed by atoms with Crippen LogP contribution in [0.3, 0.4) is 0 Å². The van der Waals surface area contributed by atoms with E-state index in [0.29, 0.717) is 43.2 Å². The van der Waals surface area contributed by atoms with E-state index in [0.717, 1.165) is 24.3 Å². The molecule has 32 heavy (non-hydrogen) atoms. The van der Waals surface area contributed by atoms with Crippen LogP contribution in [0.1, 0.15) is 73.1 Å². The van der Waals surface area contributed by atoms with Gasteiger partial charge in [0, 0.05) is 25.3 Å². The molecule has 0 radical (unpaired) electrons. The number of amides is 4. The number of nitrogens with zero attached hydrogens (tertiary/aromatic N) is 1. The lowest BCUT2D eigenvalue weighted by Gasteiger charge is -2.29. The molecule has 1 aromatic carbocycles. The number of benzene rings is 1. The lowest BCUT2D eigenvalue weighted by Crippen LogP contribution is -2.51. The smallest absolute Gasteiger partial charge is 0.264 e. The Labute approximate surface area is 188 Å². The molecule has 1 fully saturated rings. The molecule has 0 bridgehead atoms. The highest BCUT2D eigenvalue weighted by Gasteiger charge is 2.45. The highest BCUT2D eigenvalue weighted by atomic mass is 16.5. The first-order valence-corrected chi connectivity index (χ1v) is 11.2. The van der Waals surface area contributed by atoms with Gasteiger partial charge in [-0.25, -0.2) is 0 Å². The van der Waals surface area contributed by atoms with Crippen LogP contribution in [0.15, 0.2) is 30.5 Å². The second-order valence-electron chi connectivity index (χ2n) is 8.66. The second kappa shape index (κ2) is 10.5. The Kier molecular flexibility index (Phi) is 7.80. The van der Waals surface area contributed by atoms with Crippen molar-refractivity contribution in [3.63, 3.8) is 0 Å². The number of rotatable bonds is 10. The minimum atomic E-state index is -0.882. The lowest BCUT2D eigenvalue weighted by atomic mass is 10.0. The Bertz CT molecular complexity index is 924. The third kappa shape index (κ3) is 5.43. The van der Waals surface area contributed by atoms with Crippen molar-refractivity contribution in [2.75, 3.05) is 18.5 Å². The highest BCUT2D eigenvalue weighted by Crippen LogP contribution is 2.32. The molecule has 2 heterocycles. The Balaban J connectivity index is 1.58. The maximum Gasteiger partial charge on any atom is 0.264 e. The number of nitrogens with one attached hydrogen (secondary N) is 2. The van der Waals surface area contributed by atoms with E-state index in [-0.39, 0.29) is 23.5 Å². The topological polar surface area (TPSA) is 105 Å². The number of carbonyl (C=O) groups excluding carboxylic acids is 4. The molecule has 8 heteroatoms. The minimum Gasteiger partial charge on any atom is -0.381 e. The van der Waals surface area contributed by atoms with Crippen LogP contribution in [0.4, 0.5) is 5.69 Å². The average Bonchev–Trinajstić information content (AvgIpc) is 2.98. The van der Waals surface area contributed by atoms with E-state index in [4.69, 9.17) is 4.74 Å². The van der Waals surface area contributed by atoms with E-state index < -0.39 is 23.8 Å². The van der Waals surface area contributed by atoms with Gasteiger partial charge in [0.25, 0.3) is 11.8 Å². The van der Waals surface area contributed by atoms with Crippen molar-refractivity contribution in [2.24, 2.45) is 5.92 Å². The normalized spacial score (nSPS) is 18.2. The number of hydrogen-bond donors (Lipinski definition) is 2. The first-order valence-electron chi connectivity index (χ1n) is 11.2. The summed E-state index contributed by atoms with van der Waals surface area (Å²) in [7, 11) is 0. The lowest BCUT2D eigenvalue weighted by molar-refractivity contribution is -0.125. The summed E-state index contributed by atoms with van der Waals surface area (Å²) in [6.07, 6.45) is 3.56. The van der Waals surface area contributed by atoms with E-state index in [9.17, 15) is 19.2 Å². The van der Waals surface area contributed by atoms with Crippen molar-refractivity contribution >= 4 is 29.3 Å². The molecule has 1 unspecified atom stereocenters. The zero-order chi connectivity index (χ0) is 23.3. The molecule has 4 amide bonds. The maximum absolute atomic E-state index is 13.1. The molecule has 0 spiro atoms. The zero-order valence-corrected chi connectivity index (χ0v) is 18.7. The Morgan fingerprint density at radius 3 is 2.72 bits per heavy atom. The summed E-state index contributed by atoms with van der Waals surface area (Å²) in [6.45, 7) is 9.35. The van der Waals surface area contributed by atoms with Crippen LogP contribution in [0.25, 0.3) is 0 Å². The van der Waals surface area contributed by atoms with Gasteiger partial charge in [-0.05, 0) is 50.2 Å². The van der Waals surface area contributed by atoms with Gasteiger partial charge >= 0.3 is 0 Å². The number of piperidine rings is 1. The monoisotopic (exact) mass is 441 g/mol. The van der Waals surface area contributed by atoms with Gasteiger partial charge < -0.3 is 15.4 Å². The predicted octanol–water partition coefficient (Wildman–Crippen LogP) is 3.25. The molecule has 2 aliphatic heterocycles. The first kappa shape index (κ1) is 23.7. The molecule has 0 aliphatic carbocycles. The number of allylic oxidation sites excluding steroid dienone is 1. The number of fused-ring (bicyclic) bond motifs is 1. The van der Waals surface area contributed by atoms with Crippen LogP contribution in [0.5, 0.6) is 0 Å². The van der Waals surface area contributed by atoms with Crippen LogP contribution in [-0.2, 0) is 14.3 Å². The van der Waals surface area contributed by atoms with Crippen LogP contribution in [0.2, 0.25) is 0 Å². The molecule has 8 nitrogen and oxygen atoms in total. The van der Waals surface area contributed by atoms with Crippen molar-refractivity contribution in [2.45, 2.75) is 58.4 Å². The summed E-state index contributed by atoms with van der Waals surface area (Å²) in [5.74, 6) is -1.13. The largest absolute Gasteiger partial charge is 0.381 e. The molecular formula is C24H31N3O5. The molecule has 1 saturated heterocycles. The summed E-state index contributed by atoms with van der Waals surface area (Å²) in [6, 6.07) is 3.88. The van der Waals surface area contributed by atoms with Gasteiger partial charge in [-0.3, -0.25) is 24.1 Å². The molecule has 2 aliphatic rings. The number of unbranched alkanes of at least 4 members (excludes halogenated alkanes) is 1. The third-order valence-electron chi connectivity index (χ3n) is 5.64. The Hall–Kier alpha value is -3.00. The molecule has 172 valence electrons. The fraction of sp³-hybridized carbons (Fsp3) is 0.500. The first-order chi connectivity index (χ1) is 15.3. The van der Waals surface area contributed by atoms with E-state index >= 15 is 0 Å². The third-order valence-corrected chi connectivity index (χ3v) is 5.64. The quantitative estimate of drug-likeness (QED) is 0.428. The number of carbonyl (C=O) groups is 4.